The number of imidazole rings is 2. The summed E-state index contributed by atoms with van der Waals surface area (Å²) >= 11 is 0. The average molecular weight is 771 g/mol. The number of alkyl carbamates (subject to hydrolysis) is 1. The number of ether oxygens (including phenoxy) is 1. The maximum absolute atomic E-state index is 13.7. The second kappa shape index (κ2) is 16.3. The van der Waals surface area contributed by atoms with Crippen LogP contribution in [0.3, 0.4) is 0 Å². The molecule has 3 aromatic carbocycles. The number of likely N-dealkylation sites (tertiary alicyclic amines) is 2. The zero-order valence-corrected chi connectivity index (χ0v) is 31.7. The number of hydrogen-bond donors (Lipinski definition) is 5. The highest BCUT2D eigenvalue weighted by Gasteiger charge is 2.40. The fraction of sp³-hybridized carbons (Fsp3) is 0.349. The molecule has 5 aromatic rings. The van der Waals surface area contributed by atoms with Crippen LogP contribution in [0.2, 0.25) is 0 Å². The first kappa shape index (κ1) is 37.5. The van der Waals surface area contributed by atoms with Crippen molar-refractivity contribution >= 4 is 24.0 Å². The predicted molar refractivity (Wildman–Crippen MR) is 211 cm³/mol. The summed E-state index contributed by atoms with van der Waals surface area (Å²) in [4.78, 5) is 70.5. The van der Waals surface area contributed by atoms with Gasteiger partial charge in [-0.25, -0.2) is 19.6 Å². The Morgan fingerprint density at radius 1 is 0.737 bits per heavy atom. The van der Waals surface area contributed by atoms with E-state index in [9.17, 15) is 24.3 Å². The van der Waals surface area contributed by atoms with Gasteiger partial charge >= 0.3 is 12.2 Å². The molecule has 294 valence electrons. The Morgan fingerprint density at radius 3 is 1.84 bits per heavy atom. The van der Waals surface area contributed by atoms with Crippen molar-refractivity contribution in [3.8, 4) is 33.6 Å². The third kappa shape index (κ3) is 7.98. The summed E-state index contributed by atoms with van der Waals surface area (Å²) in [5.41, 5.74) is 6.37. The van der Waals surface area contributed by atoms with Crippen LogP contribution in [0.25, 0.3) is 33.6 Å². The lowest BCUT2D eigenvalue weighted by Crippen LogP contribution is -2.42. The molecule has 4 heterocycles. The van der Waals surface area contributed by atoms with E-state index in [1.54, 1.807) is 35.4 Å². The van der Waals surface area contributed by atoms with Gasteiger partial charge in [0.25, 0.3) is 5.91 Å². The summed E-state index contributed by atoms with van der Waals surface area (Å²) in [5, 5.41) is 14.7. The second-order valence-corrected chi connectivity index (χ2v) is 15.0. The van der Waals surface area contributed by atoms with Crippen LogP contribution in [-0.2, 0) is 14.3 Å². The summed E-state index contributed by atoms with van der Waals surface area (Å²) < 4.78 is 4.73. The molecule has 1 saturated carbocycles. The number of H-pyrrole nitrogens is 2. The first-order valence-electron chi connectivity index (χ1n) is 19.6. The van der Waals surface area contributed by atoms with Crippen LogP contribution in [-0.4, -0.2) is 85.1 Å². The summed E-state index contributed by atoms with van der Waals surface area (Å²) in [6.07, 6.45) is 7.30. The van der Waals surface area contributed by atoms with Gasteiger partial charge in [-0.2, -0.15) is 0 Å². The first-order chi connectivity index (χ1) is 27.7. The molecule has 0 unspecified atom stereocenters. The van der Waals surface area contributed by atoms with E-state index in [2.05, 4.69) is 62.0 Å². The Kier molecular flexibility index (Phi) is 10.7. The Morgan fingerprint density at radius 2 is 1.28 bits per heavy atom. The van der Waals surface area contributed by atoms with Gasteiger partial charge in [-0.1, -0.05) is 78.9 Å². The van der Waals surface area contributed by atoms with Crippen LogP contribution in [0, 0.1) is 5.92 Å². The maximum atomic E-state index is 13.7. The highest BCUT2D eigenvalue weighted by molar-refractivity contribution is 5.87. The minimum absolute atomic E-state index is 0.0477. The molecule has 1 aliphatic carbocycles. The number of carbonyl (C=O) groups excluding carboxylic acids is 3. The van der Waals surface area contributed by atoms with Crippen molar-refractivity contribution in [1.29, 1.82) is 0 Å². The molecular weight excluding hydrogens is 725 g/mol. The van der Waals surface area contributed by atoms with Crippen molar-refractivity contribution in [1.82, 2.24) is 40.4 Å². The zero-order valence-electron chi connectivity index (χ0n) is 31.7. The van der Waals surface area contributed by atoms with E-state index in [4.69, 9.17) is 9.72 Å². The normalized spacial score (nSPS) is 21.0. The van der Waals surface area contributed by atoms with E-state index in [0.29, 0.717) is 30.9 Å². The van der Waals surface area contributed by atoms with Crippen molar-refractivity contribution in [2.24, 2.45) is 5.92 Å². The van der Waals surface area contributed by atoms with Gasteiger partial charge in [-0.05, 0) is 72.8 Å². The molecule has 14 heteroatoms. The van der Waals surface area contributed by atoms with Crippen molar-refractivity contribution in [3.05, 3.63) is 108 Å². The number of amides is 4. The lowest BCUT2D eigenvalue weighted by atomic mass is 10.0. The van der Waals surface area contributed by atoms with Gasteiger partial charge in [-0.15, -0.1) is 0 Å². The van der Waals surface area contributed by atoms with Crippen LogP contribution in [0.5, 0.6) is 0 Å². The summed E-state index contributed by atoms with van der Waals surface area (Å²) in [7, 11) is 1.35. The predicted octanol–water partition coefficient (Wildman–Crippen LogP) is 6.99. The van der Waals surface area contributed by atoms with Gasteiger partial charge in [0.2, 0.25) is 5.91 Å². The van der Waals surface area contributed by atoms with Crippen molar-refractivity contribution in [2.75, 3.05) is 20.2 Å². The number of aromatic amines is 2. The number of nitrogens with zero attached hydrogens (tertiary/aromatic N) is 4. The number of aromatic nitrogens is 4. The molecule has 4 amide bonds. The van der Waals surface area contributed by atoms with Gasteiger partial charge in [-0.3, -0.25) is 9.59 Å². The molecule has 0 spiro atoms. The van der Waals surface area contributed by atoms with Crippen molar-refractivity contribution < 1.29 is 29.0 Å². The molecular formula is C43H46N8O6. The van der Waals surface area contributed by atoms with Crippen LogP contribution in [0.15, 0.2) is 91.3 Å². The molecule has 2 saturated heterocycles. The van der Waals surface area contributed by atoms with E-state index in [1.165, 1.54) is 7.11 Å². The number of carbonyl (C=O) groups is 4. The molecule has 8 rings (SSSR count). The maximum Gasteiger partial charge on any atom is 0.407 e. The standard InChI is InChI=1S/C43H46N8O6/c1-57-43(56)46-32-20-19-31(23-32)40(52)50-21-5-9-35(50)38-44-24-33(47-38)28-15-11-26(12-16-28)27-13-17-29(18-14-27)34-25-45-39(48-34)36-10-6-22-51(36)41(53)37(49-42(54)55)30-7-3-2-4-8-30/h2-4,7-8,11-18,24-25,31-32,35-37,49H,5-6,9-10,19-23H2,1H3,(H,44,47)(H,45,48)(H,46,56)(H,54,55)/t31-,32+,35-,36-,37+/m0/s1. The Balaban J connectivity index is 0.902. The second-order valence-electron chi connectivity index (χ2n) is 15.0. The van der Waals surface area contributed by atoms with E-state index in [1.807, 2.05) is 29.3 Å². The summed E-state index contributed by atoms with van der Waals surface area (Å²) in [6.45, 7) is 1.21. The summed E-state index contributed by atoms with van der Waals surface area (Å²) in [5.74, 6) is 1.17. The number of nitrogens with one attached hydrogen (secondary N) is 4. The molecule has 14 nitrogen and oxygen atoms in total. The molecule has 57 heavy (non-hydrogen) atoms. The van der Waals surface area contributed by atoms with Crippen molar-refractivity contribution in [2.45, 2.75) is 69.1 Å². The Hall–Kier alpha value is -6.44. The van der Waals surface area contributed by atoms with E-state index >= 15 is 0 Å². The number of hydrogen-bond acceptors (Lipinski definition) is 7. The molecule has 5 N–H and O–H groups in total. The average Bonchev–Trinajstić information content (AvgIpc) is 4.09. The molecule has 5 atom stereocenters. The van der Waals surface area contributed by atoms with Gasteiger partial charge in [0.05, 0.1) is 43.0 Å². The fourth-order valence-corrected chi connectivity index (χ4v) is 8.64. The lowest BCUT2D eigenvalue weighted by Gasteiger charge is -2.28. The number of methoxy groups -OCH3 is 1. The minimum atomic E-state index is -1.26. The largest absolute Gasteiger partial charge is 0.465 e. The molecule has 2 aromatic heterocycles. The minimum Gasteiger partial charge on any atom is -0.465 e. The van der Waals surface area contributed by atoms with Crippen LogP contribution >= 0.6 is 0 Å². The molecule has 3 aliphatic rings. The number of rotatable bonds is 10. The molecule has 2 aliphatic heterocycles. The van der Waals surface area contributed by atoms with E-state index < -0.39 is 18.2 Å². The van der Waals surface area contributed by atoms with E-state index in [-0.39, 0.29) is 35.9 Å². The Labute approximate surface area is 330 Å². The monoisotopic (exact) mass is 770 g/mol. The Bertz CT molecular complexity index is 2220. The SMILES string of the molecule is COC(=O)N[C@@H]1CC[C@H](C(=O)N2CCC[C@H]2c2ncc(-c3ccc(-c4ccc(-c5cnc([C@@H]6CCCN6C(=O)[C@H](NC(=O)O)c6ccccc6)[nH]5)cc4)cc3)[nH]2)C1. The van der Waals surface area contributed by atoms with Gasteiger partial charge < -0.3 is 40.2 Å². The quantitative estimate of drug-likeness (QED) is 0.101. The topological polar surface area (TPSA) is 186 Å². The van der Waals surface area contributed by atoms with Gasteiger partial charge in [0, 0.05) is 25.0 Å². The first-order valence-corrected chi connectivity index (χ1v) is 19.6. The van der Waals surface area contributed by atoms with Crippen LogP contribution < -0.4 is 10.6 Å². The molecule has 0 bridgehead atoms. The zero-order chi connectivity index (χ0) is 39.5. The van der Waals surface area contributed by atoms with Gasteiger partial charge in [0.15, 0.2) is 0 Å². The highest BCUT2D eigenvalue weighted by atomic mass is 16.5. The number of carboxylic acid groups (broad SMARTS) is 1. The molecule has 0 radical (unpaired) electrons. The number of benzene rings is 3. The molecule has 3 fully saturated rings. The third-order valence-electron chi connectivity index (χ3n) is 11.6. The summed E-state index contributed by atoms with van der Waals surface area (Å²) in [6, 6.07) is 24.0. The van der Waals surface area contributed by atoms with Crippen LogP contribution in [0.1, 0.15) is 80.3 Å². The van der Waals surface area contributed by atoms with Crippen LogP contribution in [0.4, 0.5) is 9.59 Å². The lowest BCUT2D eigenvalue weighted by molar-refractivity contribution is -0.136. The highest BCUT2D eigenvalue weighted by Crippen LogP contribution is 2.37. The fourth-order valence-electron chi connectivity index (χ4n) is 8.64. The van der Waals surface area contributed by atoms with Crippen molar-refractivity contribution in [3.63, 3.8) is 0 Å². The third-order valence-corrected chi connectivity index (χ3v) is 11.6. The van der Waals surface area contributed by atoms with Gasteiger partial charge in [0.1, 0.15) is 17.7 Å². The smallest absolute Gasteiger partial charge is 0.407 e. The van der Waals surface area contributed by atoms with E-state index in [0.717, 1.165) is 78.0 Å².